The highest BCUT2D eigenvalue weighted by atomic mass is 16.5. The van der Waals surface area contributed by atoms with E-state index in [0.29, 0.717) is 17.6 Å². The Balaban J connectivity index is 2.16. The van der Waals surface area contributed by atoms with Crippen molar-refractivity contribution in [1.29, 1.82) is 0 Å². The molecule has 2 atom stereocenters. The quantitative estimate of drug-likeness (QED) is 0.778. The summed E-state index contributed by atoms with van der Waals surface area (Å²) in [7, 11) is 0. The molecule has 88 valence electrons. The number of primary amides is 1. The second-order valence-corrected chi connectivity index (χ2v) is 4.82. The van der Waals surface area contributed by atoms with Crippen molar-refractivity contribution in [2.75, 3.05) is 0 Å². The van der Waals surface area contributed by atoms with Gasteiger partial charge in [-0.1, -0.05) is 13.8 Å². The molecule has 2 unspecified atom stereocenters. The van der Waals surface area contributed by atoms with E-state index in [2.05, 4.69) is 18.8 Å². The molecule has 4 heteroatoms. The van der Waals surface area contributed by atoms with Crippen LogP contribution in [0.15, 0.2) is 16.8 Å². The van der Waals surface area contributed by atoms with Gasteiger partial charge in [0.05, 0.1) is 6.10 Å². The highest BCUT2D eigenvalue weighted by Gasteiger charge is 2.36. The Morgan fingerprint density at radius 1 is 1.56 bits per heavy atom. The third-order valence-electron chi connectivity index (χ3n) is 3.04. The summed E-state index contributed by atoms with van der Waals surface area (Å²) < 4.78 is 5.86. The lowest BCUT2D eigenvalue weighted by atomic mass is 9.82. The van der Waals surface area contributed by atoms with Gasteiger partial charge in [-0.25, -0.2) is 0 Å². The van der Waals surface area contributed by atoms with Crippen LogP contribution < -0.4 is 5.73 Å². The van der Waals surface area contributed by atoms with Crippen LogP contribution in [0, 0.1) is 11.8 Å². The molecular formula is C12H18N2O2. The Bertz CT molecular complexity index is 343. The summed E-state index contributed by atoms with van der Waals surface area (Å²) in [5.74, 6) is -0.0372. The average Bonchev–Trinajstić information content (AvgIpc) is 3.00. The lowest BCUT2D eigenvalue weighted by Crippen LogP contribution is -2.37. The molecule has 2 rings (SSSR count). The third kappa shape index (κ3) is 2.32. The molecule has 2 N–H and O–H groups in total. The molecule has 0 aromatic carbocycles. The molecule has 0 spiro atoms. The van der Waals surface area contributed by atoms with E-state index in [1.165, 1.54) is 0 Å². The number of amides is 1. The van der Waals surface area contributed by atoms with E-state index in [1.54, 1.807) is 12.4 Å². The van der Waals surface area contributed by atoms with Gasteiger partial charge in [-0.15, -0.1) is 0 Å². The first-order valence-corrected chi connectivity index (χ1v) is 5.78. The van der Waals surface area contributed by atoms with Crippen LogP contribution in [-0.4, -0.2) is 24.3 Å². The lowest BCUT2D eigenvalue weighted by molar-refractivity contribution is -0.115. The van der Waals surface area contributed by atoms with Crippen molar-refractivity contribution in [1.82, 2.24) is 0 Å². The molecular weight excluding hydrogens is 204 g/mol. The Kier molecular flexibility index (Phi) is 3.10. The minimum absolute atomic E-state index is 0.0376. The van der Waals surface area contributed by atoms with Crippen molar-refractivity contribution in [2.24, 2.45) is 22.6 Å². The molecule has 1 heterocycles. The normalized spacial score (nSPS) is 29.3. The first kappa shape index (κ1) is 11.3. The van der Waals surface area contributed by atoms with Gasteiger partial charge in [-0.2, -0.15) is 0 Å². The number of ether oxygens (including phenoxy) is 1. The summed E-state index contributed by atoms with van der Waals surface area (Å²) in [4.78, 5) is 15.4. The van der Waals surface area contributed by atoms with Crippen LogP contribution in [0.5, 0.6) is 0 Å². The smallest absolute Gasteiger partial charge is 0.246 e. The fourth-order valence-electron chi connectivity index (χ4n) is 2.08. The Labute approximate surface area is 95.6 Å². The van der Waals surface area contributed by atoms with Gasteiger partial charge in [0.1, 0.15) is 6.10 Å². The zero-order chi connectivity index (χ0) is 11.7. The van der Waals surface area contributed by atoms with Gasteiger partial charge in [0.25, 0.3) is 0 Å². The number of rotatable bonds is 4. The van der Waals surface area contributed by atoms with E-state index in [4.69, 9.17) is 10.5 Å². The SMILES string of the molecule is CC(C)C1C(C(N)=O)=CN=CC1OC1CC1. The van der Waals surface area contributed by atoms with E-state index < -0.39 is 0 Å². The predicted molar refractivity (Wildman–Crippen MR) is 62.0 cm³/mol. The van der Waals surface area contributed by atoms with Crippen LogP contribution in [0.4, 0.5) is 0 Å². The molecule has 0 bridgehead atoms. The maximum absolute atomic E-state index is 11.3. The molecule has 16 heavy (non-hydrogen) atoms. The van der Waals surface area contributed by atoms with Gasteiger partial charge in [0.2, 0.25) is 5.91 Å². The Morgan fingerprint density at radius 3 is 2.75 bits per heavy atom. The summed E-state index contributed by atoms with van der Waals surface area (Å²) in [6, 6.07) is 0. The van der Waals surface area contributed by atoms with Crippen LogP contribution in [-0.2, 0) is 9.53 Å². The van der Waals surface area contributed by atoms with Crippen LogP contribution in [0.1, 0.15) is 26.7 Å². The molecule has 1 aliphatic carbocycles. The third-order valence-corrected chi connectivity index (χ3v) is 3.04. The van der Waals surface area contributed by atoms with E-state index in [0.717, 1.165) is 12.8 Å². The number of hydrogen-bond acceptors (Lipinski definition) is 3. The second-order valence-electron chi connectivity index (χ2n) is 4.82. The van der Waals surface area contributed by atoms with Gasteiger partial charge in [0, 0.05) is 23.9 Å². The minimum atomic E-state index is -0.389. The molecule has 0 radical (unpaired) electrons. The zero-order valence-electron chi connectivity index (χ0n) is 9.72. The molecule has 2 aliphatic rings. The maximum Gasteiger partial charge on any atom is 0.246 e. The number of hydrogen-bond donors (Lipinski definition) is 1. The Morgan fingerprint density at radius 2 is 2.25 bits per heavy atom. The Hall–Kier alpha value is -1.16. The number of carbonyl (C=O) groups excluding carboxylic acids is 1. The fraction of sp³-hybridized carbons (Fsp3) is 0.667. The van der Waals surface area contributed by atoms with Crippen molar-refractivity contribution in [3.63, 3.8) is 0 Å². The van der Waals surface area contributed by atoms with Crippen molar-refractivity contribution in [2.45, 2.75) is 38.9 Å². The molecule has 0 aromatic heterocycles. The van der Waals surface area contributed by atoms with Crippen LogP contribution in [0.2, 0.25) is 0 Å². The summed E-state index contributed by atoms with van der Waals surface area (Å²) in [6.07, 6.45) is 5.84. The average molecular weight is 222 g/mol. The maximum atomic E-state index is 11.3. The number of carbonyl (C=O) groups is 1. The van der Waals surface area contributed by atoms with Gasteiger partial charge >= 0.3 is 0 Å². The summed E-state index contributed by atoms with van der Waals surface area (Å²) in [6.45, 7) is 4.15. The molecule has 1 fully saturated rings. The van der Waals surface area contributed by atoms with E-state index in [1.807, 2.05) is 0 Å². The largest absolute Gasteiger partial charge is 0.369 e. The fourth-order valence-corrected chi connectivity index (χ4v) is 2.08. The molecule has 1 amide bonds. The standard InChI is InChI=1S/C12H18N2O2/c1-7(2)11-9(12(13)15)5-14-6-10(11)16-8-3-4-8/h5-8,10-11H,3-4H2,1-2H3,(H2,13,15). The predicted octanol–water partition coefficient (Wildman–Crippen LogP) is 1.26. The number of nitrogens with zero attached hydrogens (tertiary/aromatic N) is 1. The van der Waals surface area contributed by atoms with Gasteiger partial charge in [0.15, 0.2) is 0 Å². The van der Waals surface area contributed by atoms with Crippen LogP contribution in [0.3, 0.4) is 0 Å². The highest BCUT2D eigenvalue weighted by molar-refractivity contribution is 5.94. The topological polar surface area (TPSA) is 64.7 Å². The highest BCUT2D eigenvalue weighted by Crippen LogP contribution is 2.33. The molecule has 0 aromatic rings. The van der Waals surface area contributed by atoms with Crippen molar-refractivity contribution >= 4 is 12.1 Å². The lowest BCUT2D eigenvalue weighted by Gasteiger charge is -2.30. The summed E-state index contributed by atoms with van der Waals surface area (Å²) >= 11 is 0. The zero-order valence-corrected chi connectivity index (χ0v) is 9.72. The van der Waals surface area contributed by atoms with Gasteiger partial charge in [-0.05, 0) is 18.8 Å². The first-order valence-electron chi connectivity index (χ1n) is 5.78. The van der Waals surface area contributed by atoms with Crippen LogP contribution >= 0.6 is 0 Å². The number of nitrogens with two attached hydrogens (primary N) is 1. The van der Waals surface area contributed by atoms with Crippen molar-refractivity contribution < 1.29 is 9.53 Å². The van der Waals surface area contributed by atoms with E-state index >= 15 is 0 Å². The molecule has 4 nitrogen and oxygen atoms in total. The van der Waals surface area contributed by atoms with Crippen molar-refractivity contribution in [3.8, 4) is 0 Å². The molecule has 1 aliphatic heterocycles. The van der Waals surface area contributed by atoms with Gasteiger partial charge < -0.3 is 10.5 Å². The van der Waals surface area contributed by atoms with Gasteiger partial charge in [-0.3, -0.25) is 9.79 Å². The molecule has 1 saturated carbocycles. The molecule has 0 saturated heterocycles. The summed E-state index contributed by atoms with van der Waals surface area (Å²) in [5, 5.41) is 0. The van der Waals surface area contributed by atoms with E-state index in [9.17, 15) is 4.79 Å². The van der Waals surface area contributed by atoms with Crippen molar-refractivity contribution in [3.05, 3.63) is 11.8 Å². The van der Waals surface area contributed by atoms with E-state index in [-0.39, 0.29) is 17.9 Å². The first-order chi connectivity index (χ1) is 7.59. The minimum Gasteiger partial charge on any atom is -0.369 e. The summed E-state index contributed by atoms with van der Waals surface area (Å²) in [5.41, 5.74) is 5.95. The monoisotopic (exact) mass is 222 g/mol. The van der Waals surface area contributed by atoms with Crippen LogP contribution in [0.25, 0.3) is 0 Å². The number of aliphatic imine (C=N–C) groups is 1. The second kappa shape index (κ2) is 4.37.